The highest BCUT2D eigenvalue weighted by molar-refractivity contribution is 9.10. The van der Waals surface area contributed by atoms with Crippen molar-refractivity contribution in [1.82, 2.24) is 4.90 Å². The highest BCUT2D eigenvalue weighted by Gasteiger charge is 2.48. The Morgan fingerprint density at radius 2 is 1.56 bits per heavy atom. The number of allylic oxidation sites excluding steroid dienone is 4. The van der Waals surface area contributed by atoms with Crippen molar-refractivity contribution in [3.05, 3.63) is 57.4 Å². The molecule has 0 atom stereocenters. The van der Waals surface area contributed by atoms with Crippen LogP contribution in [-0.2, 0) is 9.59 Å². The first kappa shape index (κ1) is 24.8. The van der Waals surface area contributed by atoms with Crippen LogP contribution in [0.25, 0.3) is 0 Å². The monoisotopic (exact) mass is 527 g/mol. The van der Waals surface area contributed by atoms with Crippen LogP contribution in [0.5, 0.6) is 11.5 Å². The molecule has 0 amide bonds. The van der Waals surface area contributed by atoms with E-state index in [4.69, 9.17) is 9.47 Å². The predicted molar refractivity (Wildman–Crippen MR) is 137 cm³/mol. The average Bonchev–Trinajstić information content (AvgIpc) is 2.72. The second-order valence-electron chi connectivity index (χ2n) is 11.2. The van der Waals surface area contributed by atoms with Crippen molar-refractivity contribution < 1.29 is 19.1 Å². The summed E-state index contributed by atoms with van der Waals surface area (Å²) in [5.41, 5.74) is 4.20. The lowest BCUT2D eigenvalue weighted by atomic mass is 9.64. The zero-order valence-corrected chi connectivity index (χ0v) is 22.6. The molecule has 0 fully saturated rings. The van der Waals surface area contributed by atoms with Crippen LogP contribution >= 0.6 is 15.9 Å². The molecule has 182 valence electrons. The van der Waals surface area contributed by atoms with Crippen molar-refractivity contribution in [1.29, 1.82) is 0 Å². The molecule has 1 aromatic rings. The molecule has 1 aromatic carbocycles. The van der Waals surface area contributed by atoms with E-state index in [2.05, 4.69) is 55.1 Å². The molecular weight excluding hydrogens is 494 g/mol. The van der Waals surface area contributed by atoms with Crippen LogP contribution in [-0.4, -0.2) is 37.2 Å². The molecule has 6 heteroatoms. The first-order valence-corrected chi connectivity index (χ1v) is 12.6. The molecule has 0 bridgehead atoms. The lowest BCUT2D eigenvalue weighted by Gasteiger charge is -2.48. The highest BCUT2D eigenvalue weighted by atomic mass is 79.9. The molecule has 3 aliphatic rings. The smallest absolute Gasteiger partial charge is 0.175 e. The third kappa shape index (κ3) is 4.26. The van der Waals surface area contributed by atoms with E-state index in [9.17, 15) is 9.59 Å². The van der Waals surface area contributed by atoms with Gasteiger partial charge in [-0.15, -0.1) is 0 Å². The summed E-state index contributed by atoms with van der Waals surface area (Å²) >= 11 is 3.64. The van der Waals surface area contributed by atoms with Gasteiger partial charge in [-0.25, -0.2) is 0 Å². The van der Waals surface area contributed by atoms with E-state index < -0.39 is 5.92 Å². The van der Waals surface area contributed by atoms with Gasteiger partial charge in [0.05, 0.1) is 11.6 Å². The number of ketones is 2. The minimum Gasteiger partial charge on any atom is -0.493 e. The fourth-order valence-corrected chi connectivity index (χ4v) is 6.26. The fraction of sp³-hybridized carbons (Fsp3) is 0.500. The summed E-state index contributed by atoms with van der Waals surface area (Å²) in [4.78, 5) is 29.4. The first-order valence-electron chi connectivity index (χ1n) is 11.8. The van der Waals surface area contributed by atoms with E-state index >= 15 is 0 Å². The standard InChI is InChI=1S/C28H34BrNO4/c1-8-9-34-26-17(29)10-16(11-22(26)33-7)23-24-18(12-27(2,3)14-20(24)31)30(6)19-13-28(4,5)15-21(32)25(19)23/h8,10-11,23H,1,9,12-15H2,2-7H3. The third-order valence-electron chi connectivity index (χ3n) is 7.11. The van der Waals surface area contributed by atoms with Gasteiger partial charge in [0.15, 0.2) is 23.1 Å². The van der Waals surface area contributed by atoms with Crippen molar-refractivity contribution in [3.8, 4) is 11.5 Å². The van der Waals surface area contributed by atoms with Crippen molar-refractivity contribution in [3.63, 3.8) is 0 Å². The highest BCUT2D eigenvalue weighted by Crippen LogP contribution is 2.55. The molecular formula is C28H34BrNO4. The number of methoxy groups -OCH3 is 1. The van der Waals surface area contributed by atoms with E-state index in [0.29, 0.717) is 30.9 Å². The predicted octanol–water partition coefficient (Wildman–Crippen LogP) is 6.34. The molecule has 4 rings (SSSR count). The van der Waals surface area contributed by atoms with Crippen LogP contribution in [0.15, 0.2) is 51.8 Å². The molecule has 0 radical (unpaired) electrons. The minimum absolute atomic E-state index is 0.120. The maximum atomic E-state index is 13.6. The minimum atomic E-state index is -0.410. The maximum absolute atomic E-state index is 13.6. The van der Waals surface area contributed by atoms with E-state index in [1.165, 1.54) is 0 Å². The van der Waals surface area contributed by atoms with Gasteiger partial charge in [0, 0.05) is 48.3 Å². The zero-order chi connectivity index (χ0) is 25.0. The number of nitrogens with zero attached hydrogens (tertiary/aromatic N) is 1. The van der Waals surface area contributed by atoms with Crippen LogP contribution in [0.4, 0.5) is 0 Å². The van der Waals surface area contributed by atoms with Crippen LogP contribution in [0.2, 0.25) is 0 Å². The molecule has 0 aromatic heterocycles. The summed E-state index contributed by atoms with van der Waals surface area (Å²) in [6.45, 7) is 12.6. The van der Waals surface area contributed by atoms with E-state index in [0.717, 1.165) is 45.4 Å². The van der Waals surface area contributed by atoms with Crippen molar-refractivity contribution in [2.75, 3.05) is 20.8 Å². The number of carbonyl (C=O) groups excluding carboxylic acids is 2. The Balaban J connectivity index is 1.96. The second-order valence-corrected chi connectivity index (χ2v) is 12.1. The SMILES string of the molecule is C=CCOc1c(Br)cc(C2C3=C(CC(C)(C)CC3=O)N(C)C3=C2C(=O)CC(C)(C)C3)cc1OC. The molecule has 2 aliphatic carbocycles. The molecule has 0 spiro atoms. The Morgan fingerprint density at radius 1 is 1.03 bits per heavy atom. The maximum Gasteiger partial charge on any atom is 0.175 e. The summed E-state index contributed by atoms with van der Waals surface area (Å²) in [6.07, 6.45) is 4.21. The molecule has 1 aliphatic heterocycles. The van der Waals surface area contributed by atoms with Gasteiger partial charge >= 0.3 is 0 Å². The third-order valence-corrected chi connectivity index (χ3v) is 7.70. The largest absolute Gasteiger partial charge is 0.493 e. The summed E-state index contributed by atoms with van der Waals surface area (Å²) < 4.78 is 12.2. The lowest BCUT2D eigenvalue weighted by Crippen LogP contribution is -2.43. The van der Waals surface area contributed by atoms with Crippen LogP contribution < -0.4 is 9.47 Å². The normalized spacial score (nSPS) is 21.9. The molecule has 0 saturated carbocycles. The molecule has 0 unspecified atom stereocenters. The van der Waals surface area contributed by atoms with Gasteiger partial charge in [0.2, 0.25) is 0 Å². The number of ether oxygens (including phenoxy) is 2. The number of halogens is 1. The van der Waals surface area contributed by atoms with Gasteiger partial charge in [-0.05, 0) is 57.3 Å². The summed E-state index contributed by atoms with van der Waals surface area (Å²) in [5.74, 6) is 0.965. The number of hydrogen-bond donors (Lipinski definition) is 0. The molecule has 0 N–H and O–H groups in total. The number of hydrogen-bond acceptors (Lipinski definition) is 5. The molecule has 1 heterocycles. The van der Waals surface area contributed by atoms with Gasteiger partial charge in [0.25, 0.3) is 0 Å². The Morgan fingerprint density at radius 3 is 2.03 bits per heavy atom. The van der Waals surface area contributed by atoms with Gasteiger partial charge in [0.1, 0.15) is 6.61 Å². The van der Waals surface area contributed by atoms with Gasteiger partial charge < -0.3 is 14.4 Å². The van der Waals surface area contributed by atoms with E-state index in [1.807, 2.05) is 19.2 Å². The quantitative estimate of drug-likeness (QED) is 0.418. The van der Waals surface area contributed by atoms with Gasteiger partial charge in [-0.2, -0.15) is 0 Å². The van der Waals surface area contributed by atoms with Crippen LogP contribution in [0.1, 0.15) is 64.9 Å². The second kappa shape index (κ2) is 8.71. The Labute approximate surface area is 211 Å². The number of benzene rings is 1. The number of rotatable bonds is 5. The lowest BCUT2D eigenvalue weighted by molar-refractivity contribution is -0.119. The first-order chi connectivity index (χ1) is 15.9. The van der Waals surface area contributed by atoms with Gasteiger partial charge in [-0.1, -0.05) is 40.3 Å². The topological polar surface area (TPSA) is 55.8 Å². The average molecular weight is 528 g/mol. The number of carbonyl (C=O) groups is 2. The molecule has 5 nitrogen and oxygen atoms in total. The summed E-state index contributed by atoms with van der Waals surface area (Å²) in [5, 5.41) is 0. The Bertz CT molecular complexity index is 1090. The Kier molecular flexibility index (Phi) is 6.34. The Hall–Kier alpha value is -2.34. The summed E-state index contributed by atoms with van der Waals surface area (Å²) in [6, 6.07) is 3.88. The van der Waals surface area contributed by atoms with Crippen molar-refractivity contribution in [2.24, 2.45) is 10.8 Å². The van der Waals surface area contributed by atoms with Crippen molar-refractivity contribution >= 4 is 27.5 Å². The van der Waals surface area contributed by atoms with Crippen molar-refractivity contribution in [2.45, 2.75) is 59.3 Å². The van der Waals surface area contributed by atoms with Gasteiger partial charge in [-0.3, -0.25) is 9.59 Å². The van der Waals surface area contributed by atoms with Crippen LogP contribution in [0, 0.1) is 10.8 Å². The number of Topliss-reactive ketones (excluding diaryl/α,β-unsaturated/α-hetero) is 2. The van der Waals surface area contributed by atoms with E-state index in [1.54, 1.807) is 13.2 Å². The zero-order valence-electron chi connectivity index (χ0n) is 21.0. The fourth-order valence-electron chi connectivity index (χ4n) is 5.69. The van der Waals surface area contributed by atoms with Crippen LogP contribution in [0.3, 0.4) is 0 Å². The summed E-state index contributed by atoms with van der Waals surface area (Å²) in [7, 11) is 3.62. The molecule has 34 heavy (non-hydrogen) atoms. The molecule has 0 saturated heterocycles. The van der Waals surface area contributed by atoms with E-state index in [-0.39, 0.29) is 22.4 Å².